The first kappa shape index (κ1) is 4.40. The van der Waals surface area contributed by atoms with Crippen LogP contribution in [0.25, 0.3) is 0 Å². The zero-order valence-corrected chi connectivity index (χ0v) is 4.98. The largest absolute Gasteiger partial charge is 0.126 e. The predicted molar refractivity (Wildman–Crippen MR) is 33.6 cm³/mol. The summed E-state index contributed by atoms with van der Waals surface area (Å²) in [5.74, 6) is 0.896. The second-order valence-corrected chi connectivity index (χ2v) is 2.75. The van der Waals surface area contributed by atoms with E-state index in [4.69, 9.17) is 0 Å². The standard InChI is InChI=1S/C8H10/c1-2-8-5-3-7(1)4-6-8/h1,7H,3-6H2. The molecule has 0 aliphatic heterocycles. The van der Waals surface area contributed by atoms with Crippen molar-refractivity contribution in [3.63, 3.8) is 0 Å². The monoisotopic (exact) mass is 106 g/mol. The van der Waals surface area contributed by atoms with E-state index < -0.39 is 0 Å². The Morgan fingerprint density at radius 2 is 2.12 bits per heavy atom. The van der Waals surface area contributed by atoms with E-state index in [0.717, 1.165) is 5.92 Å². The topological polar surface area (TPSA) is 0 Å². The van der Waals surface area contributed by atoms with E-state index >= 15 is 0 Å². The number of hydrogen-bond donors (Lipinski definition) is 0. The summed E-state index contributed by atoms with van der Waals surface area (Å²) in [4.78, 5) is 0. The minimum atomic E-state index is 0.896. The van der Waals surface area contributed by atoms with Gasteiger partial charge in [0.1, 0.15) is 0 Å². The molecule has 0 unspecified atom stereocenters. The maximum atomic E-state index is 3.31. The lowest BCUT2D eigenvalue weighted by Gasteiger charge is -2.22. The minimum Gasteiger partial charge on any atom is -0.126 e. The van der Waals surface area contributed by atoms with Crippen LogP contribution in [0.1, 0.15) is 25.7 Å². The Labute approximate surface area is 49.9 Å². The van der Waals surface area contributed by atoms with Crippen molar-refractivity contribution < 1.29 is 0 Å². The molecule has 0 aromatic rings. The van der Waals surface area contributed by atoms with Gasteiger partial charge in [0.15, 0.2) is 0 Å². The van der Waals surface area contributed by atoms with E-state index in [0.29, 0.717) is 0 Å². The summed E-state index contributed by atoms with van der Waals surface area (Å²) in [7, 11) is 0. The van der Waals surface area contributed by atoms with Gasteiger partial charge in [0.25, 0.3) is 0 Å². The molecule has 0 aromatic carbocycles. The van der Waals surface area contributed by atoms with Crippen LogP contribution in [-0.4, -0.2) is 0 Å². The summed E-state index contributed by atoms with van der Waals surface area (Å²) in [5, 5.41) is 0. The number of allylic oxidation sites excluding steroid dienone is 1. The second-order valence-electron chi connectivity index (χ2n) is 2.75. The summed E-state index contributed by atoms with van der Waals surface area (Å²) in [6.07, 6.45) is 7.73. The quantitative estimate of drug-likeness (QED) is 0.415. The lowest BCUT2D eigenvalue weighted by Crippen LogP contribution is -2.08. The van der Waals surface area contributed by atoms with Crippen LogP contribution < -0.4 is 0 Å². The lowest BCUT2D eigenvalue weighted by molar-refractivity contribution is 0.474. The van der Waals surface area contributed by atoms with E-state index in [1.807, 2.05) is 0 Å². The van der Waals surface area contributed by atoms with Crippen molar-refractivity contribution in [1.82, 2.24) is 0 Å². The Morgan fingerprint density at radius 1 is 1.38 bits per heavy atom. The van der Waals surface area contributed by atoms with Crippen molar-refractivity contribution in [2.24, 2.45) is 5.92 Å². The fraction of sp³-hybridized carbons (Fsp3) is 0.625. The van der Waals surface area contributed by atoms with E-state index in [1.54, 1.807) is 5.57 Å². The van der Waals surface area contributed by atoms with Crippen molar-refractivity contribution in [2.45, 2.75) is 25.7 Å². The van der Waals surface area contributed by atoms with Crippen LogP contribution in [0.4, 0.5) is 0 Å². The maximum Gasteiger partial charge on any atom is -0.0151 e. The first-order valence-corrected chi connectivity index (χ1v) is 3.40. The molecule has 0 radical (unpaired) electrons. The Bertz CT molecular complexity index is 149. The smallest absolute Gasteiger partial charge is 0.0151 e. The summed E-state index contributed by atoms with van der Waals surface area (Å²) >= 11 is 0. The highest BCUT2D eigenvalue weighted by Crippen LogP contribution is 2.31. The first-order chi connectivity index (χ1) is 3.95. The maximum absolute atomic E-state index is 3.31. The van der Waals surface area contributed by atoms with Gasteiger partial charge in [-0.25, -0.2) is 0 Å². The molecule has 0 spiro atoms. The summed E-state index contributed by atoms with van der Waals surface area (Å²) in [5.41, 5.74) is 4.87. The predicted octanol–water partition coefficient (Wildman–Crippen LogP) is 2.27. The van der Waals surface area contributed by atoms with Crippen LogP contribution in [0.15, 0.2) is 17.4 Å². The molecule has 0 aromatic heterocycles. The van der Waals surface area contributed by atoms with Gasteiger partial charge < -0.3 is 0 Å². The number of fused-ring (bicyclic) bond motifs is 2. The lowest BCUT2D eigenvalue weighted by atomic mass is 9.82. The summed E-state index contributed by atoms with van der Waals surface area (Å²) < 4.78 is 0. The Kier molecular flexibility index (Phi) is 0.824. The molecule has 0 atom stereocenters. The highest BCUT2D eigenvalue weighted by Gasteiger charge is 2.16. The minimum absolute atomic E-state index is 0.896. The van der Waals surface area contributed by atoms with Gasteiger partial charge in [0.05, 0.1) is 0 Å². The molecule has 0 saturated heterocycles. The van der Waals surface area contributed by atoms with Crippen LogP contribution in [0.3, 0.4) is 0 Å². The third kappa shape index (κ3) is 0.535. The van der Waals surface area contributed by atoms with Gasteiger partial charge in [0, 0.05) is 0 Å². The van der Waals surface area contributed by atoms with Gasteiger partial charge >= 0.3 is 0 Å². The first-order valence-electron chi connectivity index (χ1n) is 3.40. The molecule has 2 bridgehead atoms. The van der Waals surface area contributed by atoms with Crippen LogP contribution in [0, 0.1) is 5.92 Å². The van der Waals surface area contributed by atoms with Gasteiger partial charge in [-0.05, 0) is 43.3 Å². The molecule has 0 heteroatoms. The Morgan fingerprint density at radius 3 is 2.25 bits per heavy atom. The summed E-state index contributed by atoms with van der Waals surface area (Å²) in [6, 6.07) is 0. The molecule has 42 valence electrons. The molecule has 1 saturated carbocycles. The van der Waals surface area contributed by atoms with Gasteiger partial charge in [0.2, 0.25) is 0 Å². The van der Waals surface area contributed by atoms with Crippen LogP contribution >= 0.6 is 0 Å². The molecule has 1 fully saturated rings. The van der Waals surface area contributed by atoms with Gasteiger partial charge in [-0.1, -0.05) is 0 Å². The zero-order chi connectivity index (χ0) is 5.40. The molecular formula is C8H10. The number of rotatable bonds is 0. The summed E-state index contributed by atoms with van der Waals surface area (Å²) in [6.45, 7) is 0. The highest BCUT2D eigenvalue weighted by atomic mass is 14.2. The molecule has 3 aliphatic carbocycles. The van der Waals surface area contributed by atoms with Crippen molar-refractivity contribution >= 4 is 0 Å². The average Bonchev–Trinajstić information content (AvgIpc) is 1.92. The number of hydrogen-bond acceptors (Lipinski definition) is 0. The van der Waals surface area contributed by atoms with Crippen molar-refractivity contribution in [3.8, 4) is 0 Å². The van der Waals surface area contributed by atoms with Crippen molar-refractivity contribution in [2.75, 3.05) is 0 Å². The van der Waals surface area contributed by atoms with Gasteiger partial charge in [-0.2, -0.15) is 0 Å². The van der Waals surface area contributed by atoms with E-state index in [1.165, 1.54) is 25.7 Å². The van der Waals surface area contributed by atoms with Crippen LogP contribution in [-0.2, 0) is 0 Å². The molecule has 3 rings (SSSR count). The molecule has 8 heavy (non-hydrogen) atoms. The second kappa shape index (κ2) is 1.50. The molecule has 0 nitrogen and oxygen atoms in total. The Balaban J connectivity index is 2.39. The molecular weight excluding hydrogens is 96.1 g/mol. The van der Waals surface area contributed by atoms with Gasteiger partial charge in [-0.15, -0.1) is 5.73 Å². The van der Waals surface area contributed by atoms with E-state index in [-0.39, 0.29) is 0 Å². The highest BCUT2D eigenvalue weighted by molar-refractivity contribution is 5.13. The van der Waals surface area contributed by atoms with Crippen LogP contribution in [0.2, 0.25) is 0 Å². The molecule has 0 N–H and O–H groups in total. The van der Waals surface area contributed by atoms with Crippen molar-refractivity contribution in [3.05, 3.63) is 17.4 Å². The fourth-order valence-electron chi connectivity index (χ4n) is 1.54. The molecule has 0 heterocycles. The van der Waals surface area contributed by atoms with E-state index in [2.05, 4.69) is 11.8 Å². The SMILES string of the molecule is C1=CC2CCC=1CC2. The van der Waals surface area contributed by atoms with Gasteiger partial charge in [-0.3, -0.25) is 0 Å². The Hall–Kier alpha value is -0.480. The van der Waals surface area contributed by atoms with Crippen molar-refractivity contribution in [1.29, 1.82) is 0 Å². The fourth-order valence-corrected chi connectivity index (χ4v) is 1.54. The molecule has 0 amide bonds. The van der Waals surface area contributed by atoms with E-state index in [9.17, 15) is 0 Å². The zero-order valence-electron chi connectivity index (χ0n) is 4.98. The third-order valence-corrected chi connectivity index (χ3v) is 2.16. The normalized spacial score (nSPS) is 26.2. The molecule has 3 aliphatic rings. The average molecular weight is 106 g/mol. The third-order valence-electron chi connectivity index (χ3n) is 2.16. The van der Waals surface area contributed by atoms with Crippen LogP contribution in [0.5, 0.6) is 0 Å².